The minimum Gasteiger partial charge on any atom is -0.481 e. The van der Waals surface area contributed by atoms with Gasteiger partial charge >= 0.3 is 5.97 Å². The van der Waals surface area contributed by atoms with Gasteiger partial charge in [-0.3, -0.25) is 4.79 Å². The number of carboxylic acids is 1. The lowest BCUT2D eigenvalue weighted by molar-refractivity contribution is -0.137. The Balaban J connectivity index is 2.83. The summed E-state index contributed by atoms with van der Waals surface area (Å²) in [6, 6.07) is 3.13. The number of aryl methyl sites for hydroxylation is 1. The van der Waals surface area contributed by atoms with Crippen molar-refractivity contribution in [1.82, 2.24) is 0 Å². The highest BCUT2D eigenvalue weighted by atomic mass is 19.1. The molecule has 0 aliphatic heterocycles. The van der Waals surface area contributed by atoms with Gasteiger partial charge in [-0.2, -0.15) is 0 Å². The van der Waals surface area contributed by atoms with Crippen molar-refractivity contribution in [2.24, 2.45) is 11.5 Å². The Labute approximate surface area is 93.1 Å². The molecule has 16 heavy (non-hydrogen) atoms. The van der Waals surface area contributed by atoms with Gasteiger partial charge in [0.15, 0.2) is 0 Å². The summed E-state index contributed by atoms with van der Waals surface area (Å²) in [5.41, 5.74) is 12.5. The SMILES string of the molecule is Cc1cc(C(N)C(N)CC(=O)O)ccc1F. The molecule has 4 nitrogen and oxygen atoms in total. The lowest BCUT2D eigenvalue weighted by Crippen LogP contribution is -2.36. The number of rotatable bonds is 4. The van der Waals surface area contributed by atoms with Crippen molar-refractivity contribution >= 4 is 5.97 Å². The monoisotopic (exact) mass is 226 g/mol. The van der Waals surface area contributed by atoms with E-state index in [2.05, 4.69) is 0 Å². The van der Waals surface area contributed by atoms with Crippen LogP contribution in [0.15, 0.2) is 18.2 Å². The molecule has 0 aliphatic carbocycles. The van der Waals surface area contributed by atoms with Gasteiger partial charge < -0.3 is 16.6 Å². The van der Waals surface area contributed by atoms with E-state index in [9.17, 15) is 9.18 Å². The molecule has 1 rings (SSSR count). The molecule has 0 amide bonds. The maximum absolute atomic E-state index is 13.0. The van der Waals surface area contributed by atoms with Crippen LogP contribution < -0.4 is 11.5 Å². The number of hydrogen-bond acceptors (Lipinski definition) is 3. The van der Waals surface area contributed by atoms with E-state index >= 15 is 0 Å². The van der Waals surface area contributed by atoms with Gasteiger partial charge in [0, 0.05) is 12.1 Å². The zero-order chi connectivity index (χ0) is 12.3. The van der Waals surface area contributed by atoms with Crippen molar-refractivity contribution in [2.75, 3.05) is 0 Å². The predicted molar refractivity (Wildman–Crippen MR) is 58.3 cm³/mol. The average Bonchev–Trinajstić information content (AvgIpc) is 2.20. The Hall–Kier alpha value is -1.46. The van der Waals surface area contributed by atoms with Crippen LogP contribution in [0.3, 0.4) is 0 Å². The predicted octanol–water partition coefficient (Wildman–Crippen LogP) is 0.936. The van der Waals surface area contributed by atoms with Gasteiger partial charge in [0.1, 0.15) is 5.82 Å². The Morgan fingerprint density at radius 2 is 2.12 bits per heavy atom. The van der Waals surface area contributed by atoms with Crippen LogP contribution in [-0.4, -0.2) is 17.1 Å². The molecule has 0 bridgehead atoms. The number of carbonyl (C=O) groups is 1. The van der Waals surface area contributed by atoms with Crippen LogP contribution in [0.1, 0.15) is 23.6 Å². The summed E-state index contributed by atoms with van der Waals surface area (Å²) in [6.07, 6.45) is -0.211. The molecule has 0 saturated heterocycles. The maximum Gasteiger partial charge on any atom is 0.304 e. The largest absolute Gasteiger partial charge is 0.481 e. The van der Waals surface area contributed by atoms with Crippen molar-refractivity contribution in [3.8, 4) is 0 Å². The first-order chi connectivity index (χ1) is 7.41. The topological polar surface area (TPSA) is 89.3 Å². The molecule has 2 unspecified atom stereocenters. The minimum absolute atomic E-state index is 0.211. The van der Waals surface area contributed by atoms with Gasteiger partial charge in [-0.15, -0.1) is 0 Å². The molecule has 0 aromatic heterocycles. The quantitative estimate of drug-likeness (QED) is 0.712. The number of carboxylic acid groups (broad SMARTS) is 1. The lowest BCUT2D eigenvalue weighted by atomic mass is 9.97. The standard InChI is InChI=1S/C11H15FN2O2/c1-6-4-7(2-3-8(6)12)11(14)9(13)5-10(15)16/h2-4,9,11H,5,13-14H2,1H3,(H,15,16). The zero-order valence-corrected chi connectivity index (χ0v) is 8.98. The highest BCUT2D eigenvalue weighted by Gasteiger charge is 2.18. The van der Waals surface area contributed by atoms with Crippen LogP contribution >= 0.6 is 0 Å². The van der Waals surface area contributed by atoms with E-state index in [4.69, 9.17) is 16.6 Å². The Morgan fingerprint density at radius 3 is 2.62 bits per heavy atom. The highest BCUT2D eigenvalue weighted by Crippen LogP contribution is 2.18. The molecule has 0 spiro atoms. The highest BCUT2D eigenvalue weighted by molar-refractivity contribution is 5.67. The van der Waals surface area contributed by atoms with Crippen molar-refractivity contribution in [3.05, 3.63) is 35.1 Å². The van der Waals surface area contributed by atoms with E-state index in [-0.39, 0.29) is 12.2 Å². The molecule has 0 heterocycles. The Bertz CT molecular complexity index is 396. The van der Waals surface area contributed by atoms with Gasteiger partial charge in [0.05, 0.1) is 6.42 Å². The number of aliphatic carboxylic acids is 1. The first-order valence-electron chi connectivity index (χ1n) is 4.91. The van der Waals surface area contributed by atoms with Crippen LogP contribution in [0.5, 0.6) is 0 Å². The molecule has 0 fully saturated rings. The van der Waals surface area contributed by atoms with Gasteiger partial charge in [-0.1, -0.05) is 12.1 Å². The minimum atomic E-state index is -0.998. The summed E-state index contributed by atoms with van der Waals surface area (Å²) in [5.74, 6) is -1.32. The number of benzene rings is 1. The molecule has 0 radical (unpaired) electrons. The summed E-state index contributed by atoms with van der Waals surface area (Å²) >= 11 is 0. The fraction of sp³-hybridized carbons (Fsp3) is 0.364. The van der Waals surface area contributed by atoms with E-state index < -0.39 is 18.1 Å². The smallest absolute Gasteiger partial charge is 0.304 e. The second kappa shape index (κ2) is 5.05. The van der Waals surface area contributed by atoms with Gasteiger partial charge in [-0.05, 0) is 24.1 Å². The van der Waals surface area contributed by atoms with Crippen molar-refractivity contribution < 1.29 is 14.3 Å². The van der Waals surface area contributed by atoms with Crippen molar-refractivity contribution in [3.63, 3.8) is 0 Å². The van der Waals surface area contributed by atoms with E-state index in [1.807, 2.05) is 0 Å². The number of nitrogens with two attached hydrogens (primary N) is 2. The molecular weight excluding hydrogens is 211 g/mol. The molecular formula is C11H15FN2O2. The third-order valence-electron chi connectivity index (χ3n) is 2.44. The van der Waals surface area contributed by atoms with Crippen LogP contribution in [-0.2, 0) is 4.79 Å². The molecule has 0 aliphatic rings. The van der Waals surface area contributed by atoms with Crippen LogP contribution in [0.2, 0.25) is 0 Å². The summed E-state index contributed by atoms with van der Waals surface area (Å²) in [7, 11) is 0. The third kappa shape index (κ3) is 3.01. The molecule has 1 aromatic carbocycles. The summed E-state index contributed by atoms with van der Waals surface area (Å²) in [4.78, 5) is 10.5. The molecule has 5 heteroatoms. The second-order valence-electron chi connectivity index (χ2n) is 3.80. The van der Waals surface area contributed by atoms with Gasteiger partial charge in [0.2, 0.25) is 0 Å². The number of hydrogen-bond donors (Lipinski definition) is 3. The summed E-state index contributed by atoms with van der Waals surface area (Å²) in [6.45, 7) is 1.62. The Kier molecular flexibility index (Phi) is 3.98. The fourth-order valence-corrected chi connectivity index (χ4v) is 1.45. The zero-order valence-electron chi connectivity index (χ0n) is 8.98. The molecule has 88 valence electrons. The average molecular weight is 226 g/mol. The fourth-order valence-electron chi connectivity index (χ4n) is 1.45. The molecule has 2 atom stereocenters. The van der Waals surface area contributed by atoms with E-state index in [1.165, 1.54) is 12.1 Å². The first kappa shape index (κ1) is 12.6. The van der Waals surface area contributed by atoms with Crippen LogP contribution in [0.25, 0.3) is 0 Å². The normalized spacial score (nSPS) is 14.5. The van der Waals surface area contributed by atoms with Crippen molar-refractivity contribution in [1.29, 1.82) is 0 Å². The first-order valence-corrected chi connectivity index (χ1v) is 4.91. The van der Waals surface area contributed by atoms with E-state index in [1.54, 1.807) is 13.0 Å². The van der Waals surface area contributed by atoms with E-state index in [0.717, 1.165) is 0 Å². The van der Waals surface area contributed by atoms with Crippen molar-refractivity contribution in [2.45, 2.75) is 25.4 Å². The van der Waals surface area contributed by atoms with E-state index in [0.29, 0.717) is 11.1 Å². The maximum atomic E-state index is 13.0. The van der Waals surface area contributed by atoms with Gasteiger partial charge in [-0.25, -0.2) is 4.39 Å². The third-order valence-corrected chi connectivity index (χ3v) is 2.44. The van der Waals surface area contributed by atoms with Crippen LogP contribution in [0, 0.1) is 12.7 Å². The summed E-state index contributed by atoms with van der Waals surface area (Å²) in [5, 5.41) is 8.58. The molecule has 1 aromatic rings. The summed E-state index contributed by atoms with van der Waals surface area (Å²) < 4.78 is 13.0. The molecule has 5 N–H and O–H groups in total. The second-order valence-corrected chi connectivity index (χ2v) is 3.80. The lowest BCUT2D eigenvalue weighted by Gasteiger charge is -2.19. The Morgan fingerprint density at radius 1 is 1.50 bits per heavy atom. The van der Waals surface area contributed by atoms with Crippen LogP contribution in [0.4, 0.5) is 4.39 Å². The van der Waals surface area contributed by atoms with Gasteiger partial charge in [0.25, 0.3) is 0 Å². The molecule has 0 saturated carbocycles. The number of halogens is 1.